The first kappa shape index (κ1) is 10.0. The van der Waals surface area contributed by atoms with Crippen LogP contribution in [0.25, 0.3) is 0 Å². The molecule has 0 bridgehead atoms. The molecule has 1 saturated carbocycles. The van der Waals surface area contributed by atoms with Crippen LogP contribution in [-0.2, 0) is 4.74 Å². The van der Waals surface area contributed by atoms with E-state index in [0.717, 1.165) is 19.1 Å². The van der Waals surface area contributed by atoms with Gasteiger partial charge in [-0.05, 0) is 50.6 Å². The third-order valence-electron chi connectivity index (χ3n) is 2.98. The van der Waals surface area contributed by atoms with Crippen LogP contribution in [0.1, 0.15) is 39.0 Å². The predicted molar refractivity (Wildman–Crippen MR) is 58.1 cm³/mol. The lowest BCUT2D eigenvalue weighted by Gasteiger charge is -2.24. The van der Waals surface area contributed by atoms with Crippen LogP contribution in [-0.4, -0.2) is 19.2 Å². The Morgan fingerprint density at radius 3 is 3.00 bits per heavy atom. The van der Waals surface area contributed by atoms with Crippen LogP contribution in [0.5, 0.6) is 0 Å². The van der Waals surface area contributed by atoms with Crippen LogP contribution in [0.15, 0.2) is 11.8 Å². The lowest BCUT2D eigenvalue weighted by Crippen LogP contribution is -2.35. The minimum atomic E-state index is 0.523. The van der Waals surface area contributed by atoms with Gasteiger partial charge < -0.3 is 10.1 Å². The number of nitrogens with one attached hydrogen (secondary N) is 1. The normalized spacial score (nSPS) is 23.9. The zero-order valence-electron chi connectivity index (χ0n) is 9.09. The van der Waals surface area contributed by atoms with E-state index < -0.39 is 0 Å². The van der Waals surface area contributed by atoms with Gasteiger partial charge in [0, 0.05) is 0 Å². The van der Waals surface area contributed by atoms with E-state index in [9.17, 15) is 0 Å². The molecule has 0 spiro atoms. The fourth-order valence-corrected chi connectivity index (χ4v) is 2.02. The summed E-state index contributed by atoms with van der Waals surface area (Å²) >= 11 is 0. The molecule has 0 aromatic carbocycles. The van der Waals surface area contributed by atoms with Gasteiger partial charge in [-0.2, -0.15) is 0 Å². The monoisotopic (exact) mass is 195 g/mol. The molecule has 1 heterocycles. The second-order valence-electron chi connectivity index (χ2n) is 4.37. The number of hydrogen-bond donors (Lipinski definition) is 1. The fourth-order valence-electron chi connectivity index (χ4n) is 2.02. The smallest absolute Gasteiger partial charge is 0.109 e. The second-order valence-corrected chi connectivity index (χ2v) is 4.37. The molecule has 0 radical (unpaired) electrons. The maximum Gasteiger partial charge on any atom is 0.109 e. The summed E-state index contributed by atoms with van der Waals surface area (Å²) in [6, 6.07) is 0.523. The van der Waals surface area contributed by atoms with E-state index >= 15 is 0 Å². The Labute approximate surface area is 86.7 Å². The fraction of sp³-hybridized carbons (Fsp3) is 0.833. The highest BCUT2D eigenvalue weighted by atomic mass is 16.5. The summed E-state index contributed by atoms with van der Waals surface area (Å²) in [5.74, 6) is 2.08. The third kappa shape index (κ3) is 2.50. The summed E-state index contributed by atoms with van der Waals surface area (Å²) in [4.78, 5) is 0. The topological polar surface area (TPSA) is 21.3 Å². The SMILES string of the molecule is CCCNC(C1=CCCCO1)C1CC1. The first-order valence-electron chi connectivity index (χ1n) is 5.98. The van der Waals surface area contributed by atoms with Crippen molar-refractivity contribution in [3.05, 3.63) is 11.8 Å². The van der Waals surface area contributed by atoms with Crippen molar-refractivity contribution >= 4 is 0 Å². The molecule has 0 amide bonds. The van der Waals surface area contributed by atoms with Gasteiger partial charge in [-0.15, -0.1) is 0 Å². The molecule has 80 valence electrons. The minimum Gasteiger partial charge on any atom is -0.497 e. The van der Waals surface area contributed by atoms with E-state index in [4.69, 9.17) is 4.74 Å². The summed E-state index contributed by atoms with van der Waals surface area (Å²) in [7, 11) is 0. The van der Waals surface area contributed by atoms with Crippen molar-refractivity contribution in [2.45, 2.75) is 45.1 Å². The van der Waals surface area contributed by atoms with Gasteiger partial charge in [0.25, 0.3) is 0 Å². The van der Waals surface area contributed by atoms with Crippen LogP contribution in [0.3, 0.4) is 0 Å². The summed E-state index contributed by atoms with van der Waals surface area (Å²) in [6.45, 7) is 4.25. The zero-order valence-corrected chi connectivity index (χ0v) is 9.09. The van der Waals surface area contributed by atoms with Crippen molar-refractivity contribution in [1.82, 2.24) is 5.32 Å². The predicted octanol–water partition coefficient (Wildman–Crippen LogP) is 2.46. The standard InChI is InChI=1S/C12H21NO/c1-2-8-13-12(10-6-7-10)11-5-3-4-9-14-11/h5,10,12-13H,2-4,6-9H2,1H3. The Kier molecular flexibility index (Phi) is 3.46. The van der Waals surface area contributed by atoms with Crippen LogP contribution in [0.4, 0.5) is 0 Å². The molecule has 1 atom stereocenters. The molecule has 1 fully saturated rings. The summed E-state index contributed by atoms with van der Waals surface area (Å²) in [5, 5.41) is 3.61. The molecule has 0 saturated heterocycles. The van der Waals surface area contributed by atoms with Crippen LogP contribution in [0.2, 0.25) is 0 Å². The number of rotatable bonds is 5. The third-order valence-corrected chi connectivity index (χ3v) is 2.98. The average Bonchev–Trinajstić information content (AvgIpc) is 3.04. The molecule has 1 aliphatic carbocycles. The Morgan fingerprint density at radius 2 is 2.43 bits per heavy atom. The van der Waals surface area contributed by atoms with Gasteiger partial charge in [0.1, 0.15) is 5.76 Å². The van der Waals surface area contributed by atoms with Gasteiger partial charge in [-0.3, -0.25) is 0 Å². The van der Waals surface area contributed by atoms with Gasteiger partial charge in [0.05, 0.1) is 12.6 Å². The molecule has 1 N–H and O–H groups in total. The first-order chi connectivity index (χ1) is 6.92. The van der Waals surface area contributed by atoms with E-state index in [1.54, 1.807) is 0 Å². The molecule has 1 unspecified atom stereocenters. The Balaban J connectivity index is 1.90. The van der Waals surface area contributed by atoms with Gasteiger partial charge in [0.15, 0.2) is 0 Å². The van der Waals surface area contributed by atoms with Crippen molar-refractivity contribution in [3.8, 4) is 0 Å². The Bertz CT molecular complexity index is 208. The van der Waals surface area contributed by atoms with Crippen molar-refractivity contribution in [3.63, 3.8) is 0 Å². The maximum atomic E-state index is 5.74. The molecule has 2 heteroatoms. The summed E-state index contributed by atoms with van der Waals surface area (Å²) in [6.07, 6.45) is 8.64. The maximum absolute atomic E-state index is 5.74. The largest absolute Gasteiger partial charge is 0.497 e. The quantitative estimate of drug-likeness (QED) is 0.727. The van der Waals surface area contributed by atoms with E-state index in [2.05, 4.69) is 18.3 Å². The molecule has 2 nitrogen and oxygen atoms in total. The highest BCUT2D eigenvalue weighted by Crippen LogP contribution is 2.36. The Hall–Kier alpha value is -0.500. The lowest BCUT2D eigenvalue weighted by molar-refractivity contribution is 0.162. The van der Waals surface area contributed by atoms with E-state index in [-0.39, 0.29) is 0 Å². The second kappa shape index (κ2) is 4.83. The first-order valence-corrected chi connectivity index (χ1v) is 5.98. The molecular weight excluding hydrogens is 174 g/mol. The van der Waals surface area contributed by atoms with E-state index in [1.165, 1.54) is 37.9 Å². The Morgan fingerprint density at radius 1 is 1.57 bits per heavy atom. The van der Waals surface area contributed by atoms with Gasteiger partial charge in [0.2, 0.25) is 0 Å². The van der Waals surface area contributed by atoms with E-state index in [1.807, 2.05) is 0 Å². The molecule has 1 aliphatic heterocycles. The summed E-state index contributed by atoms with van der Waals surface area (Å²) < 4.78 is 5.74. The number of hydrogen-bond acceptors (Lipinski definition) is 2. The van der Waals surface area contributed by atoms with E-state index in [0.29, 0.717) is 6.04 Å². The molecular formula is C12H21NO. The molecule has 2 aliphatic rings. The summed E-state index contributed by atoms with van der Waals surface area (Å²) in [5.41, 5.74) is 0. The van der Waals surface area contributed by atoms with Crippen molar-refractivity contribution in [2.24, 2.45) is 5.92 Å². The number of ether oxygens (including phenoxy) is 1. The van der Waals surface area contributed by atoms with Gasteiger partial charge in [-0.25, -0.2) is 0 Å². The molecule has 2 rings (SSSR count). The molecule has 0 aromatic heterocycles. The van der Waals surface area contributed by atoms with Gasteiger partial charge in [-0.1, -0.05) is 6.92 Å². The van der Waals surface area contributed by atoms with Crippen LogP contribution in [0, 0.1) is 5.92 Å². The van der Waals surface area contributed by atoms with Crippen molar-refractivity contribution in [1.29, 1.82) is 0 Å². The lowest BCUT2D eigenvalue weighted by atomic mass is 10.1. The minimum absolute atomic E-state index is 0.523. The number of allylic oxidation sites excluding steroid dienone is 1. The van der Waals surface area contributed by atoms with Crippen LogP contribution >= 0.6 is 0 Å². The van der Waals surface area contributed by atoms with Crippen molar-refractivity contribution < 1.29 is 4.74 Å². The van der Waals surface area contributed by atoms with Crippen LogP contribution < -0.4 is 5.32 Å². The molecule has 0 aromatic rings. The highest BCUT2D eigenvalue weighted by molar-refractivity contribution is 5.10. The van der Waals surface area contributed by atoms with Gasteiger partial charge >= 0.3 is 0 Å². The molecule has 14 heavy (non-hydrogen) atoms. The highest BCUT2D eigenvalue weighted by Gasteiger charge is 2.34. The van der Waals surface area contributed by atoms with Crippen molar-refractivity contribution in [2.75, 3.05) is 13.2 Å². The average molecular weight is 195 g/mol. The zero-order chi connectivity index (χ0) is 9.80.